The van der Waals surface area contributed by atoms with Gasteiger partial charge in [-0.25, -0.2) is 0 Å². The van der Waals surface area contributed by atoms with E-state index in [1.807, 2.05) is 48.2 Å². The fraction of sp³-hybridized carbons (Fsp3) is 0.435. The zero-order chi connectivity index (χ0) is 19.1. The van der Waals surface area contributed by atoms with Crippen molar-refractivity contribution in [3.8, 4) is 0 Å². The average molecular weight is 367 g/mol. The van der Waals surface area contributed by atoms with Gasteiger partial charge in [0.1, 0.15) is 0 Å². The molecule has 0 heterocycles. The highest BCUT2D eigenvalue weighted by Crippen LogP contribution is 2.43. The maximum atomic E-state index is 12.7. The molecule has 1 saturated carbocycles. The maximum Gasteiger partial charge on any atom is 0.239 e. The fourth-order valence-electron chi connectivity index (χ4n) is 3.74. The van der Waals surface area contributed by atoms with Crippen LogP contribution in [0.25, 0.3) is 0 Å². The molecule has 1 aliphatic carbocycles. The molecule has 0 spiro atoms. The molecule has 144 valence electrons. The molecule has 0 radical (unpaired) electrons. The third-order valence-electron chi connectivity index (χ3n) is 5.68. The minimum absolute atomic E-state index is 0.00404. The fourth-order valence-corrected chi connectivity index (χ4v) is 3.74. The molecule has 27 heavy (non-hydrogen) atoms. The van der Waals surface area contributed by atoms with Gasteiger partial charge in [0.05, 0.1) is 12.6 Å². The summed E-state index contributed by atoms with van der Waals surface area (Å²) in [6, 6.07) is 20.3. The number of para-hydroxylation sites is 1. The van der Waals surface area contributed by atoms with Crippen LogP contribution in [0.2, 0.25) is 0 Å². The van der Waals surface area contributed by atoms with E-state index in [0.29, 0.717) is 19.5 Å². The predicted molar refractivity (Wildman–Crippen MR) is 110 cm³/mol. The van der Waals surface area contributed by atoms with Crippen molar-refractivity contribution in [3.05, 3.63) is 66.2 Å². The molecule has 4 heteroatoms. The van der Waals surface area contributed by atoms with E-state index in [4.69, 9.17) is 0 Å². The standard InChI is InChI=1S/C23H30N2O2/c1-2-21(26)16-25(20-12-7-4-8-13-20)17-22(27)24-18-23(14-9-15-23)19-10-5-3-6-11-19/h3-8,10-13,21,26H,2,9,14-18H2,1H3,(H,24,27). The lowest BCUT2D eigenvalue weighted by molar-refractivity contribution is -0.120. The molecule has 2 aromatic carbocycles. The lowest BCUT2D eigenvalue weighted by Gasteiger charge is -2.42. The summed E-state index contributed by atoms with van der Waals surface area (Å²) in [6.45, 7) is 3.34. The minimum atomic E-state index is -0.444. The zero-order valence-electron chi connectivity index (χ0n) is 16.1. The number of carbonyl (C=O) groups is 1. The summed E-state index contributed by atoms with van der Waals surface area (Å²) in [5.74, 6) is 0.00404. The molecule has 3 rings (SSSR count). The van der Waals surface area contributed by atoms with Gasteiger partial charge < -0.3 is 15.3 Å². The van der Waals surface area contributed by atoms with Crippen LogP contribution >= 0.6 is 0 Å². The molecular weight excluding hydrogens is 336 g/mol. The summed E-state index contributed by atoms with van der Waals surface area (Å²) >= 11 is 0. The van der Waals surface area contributed by atoms with E-state index < -0.39 is 6.10 Å². The quantitative estimate of drug-likeness (QED) is 0.714. The summed E-state index contributed by atoms with van der Waals surface area (Å²) in [4.78, 5) is 14.6. The summed E-state index contributed by atoms with van der Waals surface area (Å²) in [5, 5.41) is 13.2. The first kappa shape index (κ1) is 19.4. The van der Waals surface area contributed by atoms with Crippen LogP contribution in [0.1, 0.15) is 38.2 Å². The molecular formula is C23H30N2O2. The molecule has 1 amide bonds. The number of nitrogens with zero attached hydrogens (tertiary/aromatic N) is 1. The van der Waals surface area contributed by atoms with Crippen LogP contribution in [0.5, 0.6) is 0 Å². The number of benzene rings is 2. The van der Waals surface area contributed by atoms with Crippen molar-refractivity contribution in [2.24, 2.45) is 0 Å². The number of nitrogens with one attached hydrogen (secondary N) is 1. The SMILES string of the molecule is CCC(O)CN(CC(=O)NCC1(c2ccccc2)CCC1)c1ccccc1. The molecule has 4 nitrogen and oxygen atoms in total. The van der Waals surface area contributed by atoms with Crippen molar-refractivity contribution in [2.45, 2.75) is 44.1 Å². The van der Waals surface area contributed by atoms with Crippen LogP contribution in [-0.4, -0.2) is 36.8 Å². The Hall–Kier alpha value is -2.33. The first-order valence-electron chi connectivity index (χ1n) is 9.93. The summed E-state index contributed by atoms with van der Waals surface area (Å²) in [7, 11) is 0. The predicted octanol–water partition coefficient (Wildman–Crippen LogP) is 3.50. The van der Waals surface area contributed by atoms with Crippen molar-refractivity contribution in [1.29, 1.82) is 0 Å². The largest absolute Gasteiger partial charge is 0.391 e. The zero-order valence-corrected chi connectivity index (χ0v) is 16.1. The van der Waals surface area contributed by atoms with Crippen molar-refractivity contribution in [1.82, 2.24) is 5.32 Å². The average Bonchev–Trinajstić information content (AvgIpc) is 2.68. The lowest BCUT2D eigenvalue weighted by atomic mass is 9.64. The summed E-state index contributed by atoms with van der Waals surface area (Å²) in [6.07, 6.45) is 3.68. The van der Waals surface area contributed by atoms with E-state index in [2.05, 4.69) is 29.6 Å². The Morgan fingerprint density at radius 1 is 1.11 bits per heavy atom. The van der Waals surface area contributed by atoms with E-state index in [-0.39, 0.29) is 17.9 Å². The van der Waals surface area contributed by atoms with E-state index >= 15 is 0 Å². The highest BCUT2D eigenvalue weighted by molar-refractivity contribution is 5.81. The Labute approximate surface area is 162 Å². The number of hydrogen-bond acceptors (Lipinski definition) is 3. The number of anilines is 1. The van der Waals surface area contributed by atoms with Gasteiger partial charge in [-0.2, -0.15) is 0 Å². The number of hydrogen-bond donors (Lipinski definition) is 2. The number of aliphatic hydroxyl groups is 1. The molecule has 1 fully saturated rings. The van der Waals surface area contributed by atoms with Gasteiger partial charge >= 0.3 is 0 Å². The van der Waals surface area contributed by atoms with Crippen LogP contribution in [-0.2, 0) is 10.2 Å². The highest BCUT2D eigenvalue weighted by atomic mass is 16.3. The second-order valence-corrected chi connectivity index (χ2v) is 7.55. The summed E-state index contributed by atoms with van der Waals surface area (Å²) in [5.41, 5.74) is 2.36. The van der Waals surface area contributed by atoms with Crippen molar-refractivity contribution in [3.63, 3.8) is 0 Å². The number of carbonyl (C=O) groups excluding carboxylic acids is 1. The third-order valence-corrected chi connectivity index (χ3v) is 5.68. The van der Waals surface area contributed by atoms with Crippen molar-refractivity contribution >= 4 is 11.6 Å². The van der Waals surface area contributed by atoms with Crippen LogP contribution in [0.4, 0.5) is 5.69 Å². The van der Waals surface area contributed by atoms with Crippen molar-refractivity contribution in [2.75, 3.05) is 24.5 Å². The van der Waals surface area contributed by atoms with Gasteiger partial charge in [-0.15, -0.1) is 0 Å². The Bertz CT molecular complexity index is 714. The first-order valence-corrected chi connectivity index (χ1v) is 9.93. The monoisotopic (exact) mass is 366 g/mol. The maximum absolute atomic E-state index is 12.7. The normalized spacial score (nSPS) is 16.2. The molecule has 1 unspecified atom stereocenters. The molecule has 0 bridgehead atoms. The molecule has 1 atom stereocenters. The van der Waals surface area contributed by atoms with Gasteiger partial charge in [-0.3, -0.25) is 4.79 Å². The van der Waals surface area contributed by atoms with E-state index in [1.165, 1.54) is 12.0 Å². The van der Waals surface area contributed by atoms with Crippen LogP contribution in [0.15, 0.2) is 60.7 Å². The van der Waals surface area contributed by atoms with Gasteiger partial charge in [-0.05, 0) is 37.0 Å². The van der Waals surface area contributed by atoms with Crippen LogP contribution in [0, 0.1) is 0 Å². The molecule has 0 saturated heterocycles. The Morgan fingerprint density at radius 2 is 1.74 bits per heavy atom. The Morgan fingerprint density at radius 3 is 2.30 bits per heavy atom. The van der Waals surface area contributed by atoms with E-state index in [0.717, 1.165) is 18.5 Å². The minimum Gasteiger partial charge on any atom is -0.391 e. The van der Waals surface area contributed by atoms with Gasteiger partial charge in [0.2, 0.25) is 5.91 Å². The Balaban J connectivity index is 1.62. The second-order valence-electron chi connectivity index (χ2n) is 7.55. The third kappa shape index (κ3) is 4.89. The molecule has 2 aromatic rings. The van der Waals surface area contributed by atoms with E-state index in [9.17, 15) is 9.90 Å². The van der Waals surface area contributed by atoms with Gasteiger partial charge in [0, 0.05) is 24.2 Å². The van der Waals surface area contributed by atoms with Crippen LogP contribution in [0.3, 0.4) is 0 Å². The smallest absolute Gasteiger partial charge is 0.239 e. The molecule has 0 aromatic heterocycles. The first-order chi connectivity index (χ1) is 13.1. The topological polar surface area (TPSA) is 52.6 Å². The van der Waals surface area contributed by atoms with Crippen LogP contribution < -0.4 is 10.2 Å². The number of aliphatic hydroxyl groups excluding tert-OH is 1. The number of amides is 1. The van der Waals surface area contributed by atoms with Gasteiger partial charge in [-0.1, -0.05) is 61.9 Å². The van der Waals surface area contributed by atoms with Crippen molar-refractivity contribution < 1.29 is 9.90 Å². The molecule has 0 aliphatic heterocycles. The second kappa shape index (κ2) is 9.05. The number of rotatable bonds is 9. The van der Waals surface area contributed by atoms with Gasteiger partial charge in [0.15, 0.2) is 0 Å². The molecule has 1 aliphatic rings. The summed E-state index contributed by atoms with van der Waals surface area (Å²) < 4.78 is 0. The van der Waals surface area contributed by atoms with Gasteiger partial charge in [0.25, 0.3) is 0 Å². The lowest BCUT2D eigenvalue weighted by Crippen LogP contribution is -2.48. The molecule has 2 N–H and O–H groups in total. The van der Waals surface area contributed by atoms with E-state index in [1.54, 1.807) is 0 Å². The highest BCUT2D eigenvalue weighted by Gasteiger charge is 2.38. The Kier molecular flexibility index (Phi) is 6.51.